The number of benzene rings is 1. The van der Waals surface area contributed by atoms with Crippen molar-refractivity contribution >= 4 is 23.2 Å². The molecule has 0 radical (unpaired) electrons. The Balaban J connectivity index is 1.64. The number of hydrogen-bond acceptors (Lipinski definition) is 5. The fraction of sp³-hybridized carbons (Fsp3) is 0.560. The number of ketones is 1. The van der Waals surface area contributed by atoms with E-state index in [0.717, 1.165) is 42.3 Å². The van der Waals surface area contributed by atoms with Gasteiger partial charge in [-0.2, -0.15) is 0 Å². The van der Waals surface area contributed by atoms with E-state index < -0.39 is 17.4 Å². The van der Waals surface area contributed by atoms with Gasteiger partial charge < -0.3 is 18.5 Å². The molecule has 1 aromatic rings. The lowest BCUT2D eigenvalue weighted by molar-refractivity contribution is 0.102. The summed E-state index contributed by atoms with van der Waals surface area (Å²) in [4.78, 5) is 23.0. The van der Waals surface area contributed by atoms with Crippen molar-refractivity contribution in [2.45, 2.75) is 71.8 Å². The highest BCUT2D eigenvalue weighted by atomic mass is 31.2. The van der Waals surface area contributed by atoms with Crippen LogP contribution in [0, 0.1) is 11.8 Å². The fourth-order valence-electron chi connectivity index (χ4n) is 5.07. The maximum Gasteiger partial charge on any atom is 0.229 e. The van der Waals surface area contributed by atoms with Gasteiger partial charge in [0, 0.05) is 12.6 Å². The van der Waals surface area contributed by atoms with Gasteiger partial charge >= 0.3 is 0 Å². The Bertz CT molecular complexity index is 910. The predicted octanol–water partition coefficient (Wildman–Crippen LogP) is 6.86. The first-order valence-electron chi connectivity index (χ1n) is 11.8. The van der Waals surface area contributed by atoms with Crippen LogP contribution < -0.4 is 4.52 Å². The molecule has 0 aliphatic heterocycles. The van der Waals surface area contributed by atoms with Crippen LogP contribution in [-0.2, 0) is 15.5 Å². The fourth-order valence-corrected chi connectivity index (χ4v) is 6.88. The summed E-state index contributed by atoms with van der Waals surface area (Å²) >= 11 is 0. The van der Waals surface area contributed by atoms with E-state index in [0.29, 0.717) is 41.6 Å². The Morgan fingerprint density at radius 3 is 2.84 bits per heavy atom. The first-order valence-corrected chi connectivity index (χ1v) is 14.0. The Hall–Kier alpha value is -1.25. The number of Topliss-reactive ketones (excluding diaryl/α,β-unsaturated/α-hetero) is 1. The van der Waals surface area contributed by atoms with Crippen LogP contribution in [0.1, 0.15) is 75.2 Å². The van der Waals surface area contributed by atoms with Crippen molar-refractivity contribution in [3.8, 4) is 5.75 Å². The van der Waals surface area contributed by atoms with Crippen LogP contribution in [-0.4, -0.2) is 22.9 Å². The zero-order valence-corrected chi connectivity index (χ0v) is 21.1. The maximum absolute atomic E-state index is 13.7. The molecule has 4 rings (SSSR count). The second kappa shape index (κ2) is 10.8. The average Bonchev–Trinajstić information content (AvgIpc) is 2.74. The quantitative estimate of drug-likeness (QED) is 0.415. The molecule has 0 heterocycles. The van der Waals surface area contributed by atoms with Gasteiger partial charge in [-0.05, 0) is 54.7 Å². The molecule has 3 aliphatic rings. The lowest BCUT2D eigenvalue weighted by Crippen LogP contribution is -2.24. The highest BCUT2D eigenvalue weighted by molar-refractivity contribution is 7.47. The Kier molecular flexibility index (Phi) is 8.05. The molecule has 5 unspecified atom stereocenters. The van der Waals surface area contributed by atoms with E-state index >= 15 is 0 Å². The van der Waals surface area contributed by atoms with Crippen LogP contribution in [0.5, 0.6) is 5.75 Å². The molecule has 0 amide bonds. The van der Waals surface area contributed by atoms with Gasteiger partial charge in [0.2, 0.25) is 23.2 Å². The second-order valence-corrected chi connectivity index (χ2v) is 11.2. The van der Waals surface area contributed by atoms with Gasteiger partial charge in [0.1, 0.15) is 11.5 Å². The van der Waals surface area contributed by atoms with E-state index in [2.05, 4.69) is 26.8 Å². The van der Waals surface area contributed by atoms with Crippen molar-refractivity contribution in [3.63, 3.8) is 0 Å². The molecule has 32 heavy (non-hydrogen) atoms. The first-order chi connectivity index (χ1) is 15.5. The highest BCUT2D eigenvalue weighted by Gasteiger charge is 2.36. The van der Waals surface area contributed by atoms with Crippen molar-refractivity contribution in [2.24, 2.45) is 11.8 Å². The third kappa shape index (κ3) is 5.28. The third-order valence-electron chi connectivity index (χ3n) is 6.47. The van der Waals surface area contributed by atoms with Crippen LogP contribution in [0.2, 0.25) is 0 Å². The Morgan fingerprint density at radius 1 is 1.25 bits per heavy atom. The minimum atomic E-state index is -1.08. The normalized spacial score (nSPS) is 26.6. The van der Waals surface area contributed by atoms with Gasteiger partial charge in [-0.3, -0.25) is 4.79 Å². The average molecular weight is 476 g/mol. The molecule has 0 spiro atoms. The van der Waals surface area contributed by atoms with Gasteiger partial charge in [0.05, 0.1) is 17.2 Å². The highest BCUT2D eigenvalue weighted by Crippen LogP contribution is 2.50. The van der Waals surface area contributed by atoms with Crippen LogP contribution in [0.4, 0.5) is 0 Å². The summed E-state index contributed by atoms with van der Waals surface area (Å²) < 4.78 is 18.5. The van der Waals surface area contributed by atoms with Gasteiger partial charge in [0.15, 0.2) is 0 Å². The molecule has 3 aliphatic carbocycles. The molecule has 7 heteroatoms. The number of carbonyl (C=O) groups is 1. The second-order valence-electron chi connectivity index (χ2n) is 9.31. The molecular formula is C25H34O5P2. The monoisotopic (exact) mass is 476 g/mol. The summed E-state index contributed by atoms with van der Waals surface area (Å²) in [6.45, 7) is 6.62. The van der Waals surface area contributed by atoms with Crippen LogP contribution in [0.3, 0.4) is 0 Å². The smallest absolute Gasteiger partial charge is 0.229 e. The maximum atomic E-state index is 13.7. The Labute approximate surface area is 194 Å². The van der Waals surface area contributed by atoms with Crippen molar-refractivity contribution < 1.29 is 23.3 Å². The summed E-state index contributed by atoms with van der Waals surface area (Å²) in [7, 11) is -1.78. The molecule has 0 bridgehead atoms. The summed E-state index contributed by atoms with van der Waals surface area (Å²) in [5.41, 5.74) is 3.21. The molecule has 1 fully saturated rings. The minimum Gasteiger partial charge on any atom is -0.451 e. The first kappa shape index (κ1) is 23.9. The summed E-state index contributed by atoms with van der Waals surface area (Å²) in [6.07, 6.45) is 10.4. The molecule has 5 nitrogen and oxygen atoms in total. The van der Waals surface area contributed by atoms with Crippen LogP contribution in [0.25, 0.3) is 0 Å². The molecule has 0 saturated heterocycles. The van der Waals surface area contributed by atoms with Crippen molar-refractivity contribution in [3.05, 3.63) is 52.3 Å². The molecule has 0 aromatic heterocycles. The number of rotatable bonds is 8. The van der Waals surface area contributed by atoms with Gasteiger partial charge in [0.25, 0.3) is 0 Å². The summed E-state index contributed by atoms with van der Waals surface area (Å²) in [6, 6.07) is 5.59. The van der Waals surface area contributed by atoms with Gasteiger partial charge in [-0.15, -0.1) is 0 Å². The lowest BCUT2D eigenvalue weighted by Gasteiger charge is -2.33. The van der Waals surface area contributed by atoms with E-state index in [-0.39, 0.29) is 11.9 Å². The van der Waals surface area contributed by atoms with E-state index in [9.17, 15) is 9.69 Å². The Morgan fingerprint density at radius 2 is 2.09 bits per heavy atom. The van der Waals surface area contributed by atoms with Gasteiger partial charge in [-0.1, -0.05) is 51.8 Å². The number of carbonyl (C=O) groups excluding carboxylic acids is 1. The van der Waals surface area contributed by atoms with E-state index in [1.165, 1.54) is 12.8 Å². The number of fused-ring (bicyclic) bond motifs is 2. The molecule has 5 atom stereocenters. The number of allylic oxidation sites excluding steroid dienone is 4. The van der Waals surface area contributed by atoms with E-state index in [1.807, 2.05) is 12.1 Å². The molecular weight excluding hydrogens is 442 g/mol. The molecule has 174 valence electrons. The van der Waals surface area contributed by atoms with Gasteiger partial charge in [-0.25, -0.2) is 0 Å². The van der Waals surface area contributed by atoms with Crippen LogP contribution in [0.15, 0.2) is 41.2 Å². The standard InChI is InChI=1S/C25H34O5P2/c1-4-11-32(29-20-9-5-7-16(2)13-20)30-22-14-17(3)12-19-15-18-8-6-10-21(28-31-27)23(18)25(26)24(19)22/h6,8,10,12,16-17,20,27,31H,4-5,7,9,11,13-15H2,1-3H3. The van der Waals surface area contributed by atoms with E-state index in [1.54, 1.807) is 6.07 Å². The molecule has 1 saturated carbocycles. The van der Waals surface area contributed by atoms with Crippen molar-refractivity contribution in [1.82, 2.24) is 0 Å². The third-order valence-corrected chi connectivity index (χ3v) is 8.55. The lowest BCUT2D eigenvalue weighted by atomic mass is 9.77. The van der Waals surface area contributed by atoms with Crippen molar-refractivity contribution in [2.75, 3.05) is 6.16 Å². The molecule has 1 N–H and O–H groups in total. The largest absolute Gasteiger partial charge is 0.451 e. The minimum absolute atomic E-state index is 0.0639. The topological polar surface area (TPSA) is 65.0 Å². The zero-order valence-electron chi connectivity index (χ0n) is 19.2. The number of hydrogen-bond donors (Lipinski definition) is 1. The summed E-state index contributed by atoms with van der Waals surface area (Å²) in [5.74, 6) is 2.16. The molecule has 1 aromatic carbocycles. The predicted molar refractivity (Wildman–Crippen MR) is 130 cm³/mol. The van der Waals surface area contributed by atoms with E-state index in [4.69, 9.17) is 13.6 Å². The SMILES string of the molecule is CCCP(OC1=C2C(=O)c3c(cccc3OPO)CC2=CC(C)C1)OC1CCCC(C)C1. The van der Waals surface area contributed by atoms with Crippen molar-refractivity contribution in [1.29, 1.82) is 0 Å². The zero-order chi connectivity index (χ0) is 22.7. The van der Waals surface area contributed by atoms with Crippen LogP contribution >= 0.6 is 17.4 Å². The summed E-state index contributed by atoms with van der Waals surface area (Å²) in [5, 5.41) is 0.